The molecule has 0 bridgehead atoms. The number of hydrogen-bond acceptors (Lipinski definition) is 8. The first kappa shape index (κ1) is 28.6. The van der Waals surface area contributed by atoms with E-state index in [0.29, 0.717) is 11.9 Å². The Bertz CT molecular complexity index is 1460. The number of aryl methyl sites for hydroxylation is 1. The maximum absolute atomic E-state index is 13.1. The van der Waals surface area contributed by atoms with Crippen molar-refractivity contribution in [3.8, 4) is 5.75 Å². The molecule has 0 fully saturated rings. The molecule has 1 aliphatic rings. The maximum Gasteiger partial charge on any atom is 0.438 e. The number of H-pyrrole nitrogens is 1. The Morgan fingerprint density at radius 1 is 1.16 bits per heavy atom. The van der Waals surface area contributed by atoms with Gasteiger partial charge in [-0.1, -0.05) is 11.2 Å². The summed E-state index contributed by atoms with van der Waals surface area (Å²) < 4.78 is 81.1. The lowest BCUT2D eigenvalue weighted by Gasteiger charge is -2.31. The molecule has 0 atom stereocenters. The van der Waals surface area contributed by atoms with Crippen molar-refractivity contribution in [2.45, 2.75) is 44.4 Å². The van der Waals surface area contributed by atoms with Crippen LogP contribution in [0.3, 0.4) is 0 Å². The number of aromatic nitrogens is 2. The van der Waals surface area contributed by atoms with Crippen molar-refractivity contribution in [1.29, 1.82) is 0 Å². The van der Waals surface area contributed by atoms with Crippen molar-refractivity contribution in [1.82, 2.24) is 10.1 Å². The van der Waals surface area contributed by atoms with Gasteiger partial charge in [0.2, 0.25) is 0 Å². The largest absolute Gasteiger partial charge is 0.489 e. The van der Waals surface area contributed by atoms with Gasteiger partial charge in [-0.15, -0.1) is 0 Å². The van der Waals surface area contributed by atoms with Gasteiger partial charge < -0.3 is 9.47 Å². The third-order valence-corrected chi connectivity index (χ3v) is 6.53. The molecule has 0 radical (unpaired) electrons. The monoisotopic (exact) mass is 558 g/mol. The normalized spacial score (nSPS) is 13.5. The number of amides is 1. The number of carbonyl (C=O) groups is 1. The number of halogens is 3. The lowest BCUT2D eigenvalue weighted by molar-refractivity contribution is -0.137. The predicted molar refractivity (Wildman–Crippen MR) is 130 cm³/mol. The van der Waals surface area contributed by atoms with Gasteiger partial charge in [-0.2, -0.15) is 13.2 Å². The molecule has 3 aromatic rings. The summed E-state index contributed by atoms with van der Waals surface area (Å²) in [5, 5.41) is 5.78. The van der Waals surface area contributed by atoms with Crippen LogP contribution in [0.15, 0.2) is 56.7 Å². The van der Waals surface area contributed by atoms with E-state index < -0.39 is 44.1 Å². The topological polar surface area (TPSA) is 144 Å². The van der Waals surface area contributed by atoms with Gasteiger partial charge in [0.15, 0.2) is 0 Å². The van der Waals surface area contributed by atoms with Crippen LogP contribution in [0, 0.1) is 6.92 Å². The van der Waals surface area contributed by atoms with E-state index >= 15 is 0 Å². The van der Waals surface area contributed by atoms with E-state index in [4.69, 9.17) is 9.47 Å². The summed E-state index contributed by atoms with van der Waals surface area (Å²) in [4.78, 5) is 23.8. The molecule has 206 valence electrons. The molecule has 11 nitrogen and oxygen atoms in total. The van der Waals surface area contributed by atoms with Crippen LogP contribution in [0.4, 0.5) is 29.3 Å². The molecular formula is C23H25F3N4O7S. The van der Waals surface area contributed by atoms with E-state index in [1.807, 2.05) is 0 Å². The third kappa shape index (κ3) is 7.27. The first-order valence-electron chi connectivity index (χ1n) is 11.1. The highest BCUT2D eigenvalue weighted by Gasteiger charge is 2.35. The van der Waals surface area contributed by atoms with Crippen molar-refractivity contribution in [2.75, 3.05) is 22.8 Å². The number of ether oxygens (including phenoxy) is 2. The molecule has 4 rings (SSSR count). The van der Waals surface area contributed by atoms with Crippen molar-refractivity contribution >= 4 is 27.5 Å². The molecule has 0 saturated carbocycles. The van der Waals surface area contributed by atoms with E-state index in [1.54, 1.807) is 27.7 Å². The van der Waals surface area contributed by atoms with E-state index in [1.165, 1.54) is 18.2 Å². The van der Waals surface area contributed by atoms with Crippen molar-refractivity contribution in [3.63, 3.8) is 0 Å². The summed E-state index contributed by atoms with van der Waals surface area (Å²) in [7, 11) is -4.32. The molecular weight excluding hydrogens is 533 g/mol. The summed E-state index contributed by atoms with van der Waals surface area (Å²) in [5.41, 5.74) is -1.47. The van der Waals surface area contributed by atoms with Crippen LogP contribution in [0.2, 0.25) is 0 Å². The zero-order chi connectivity index (χ0) is 28.3. The van der Waals surface area contributed by atoms with Crippen LogP contribution < -0.4 is 20.1 Å². The summed E-state index contributed by atoms with van der Waals surface area (Å²) in [6.45, 7) is 6.63. The number of sulfonamides is 1. The molecule has 38 heavy (non-hydrogen) atoms. The first-order chi connectivity index (χ1) is 17.6. The quantitative estimate of drug-likeness (QED) is 0.484. The molecule has 0 aliphatic carbocycles. The summed E-state index contributed by atoms with van der Waals surface area (Å²) in [6.07, 6.45) is -5.42. The highest BCUT2D eigenvalue weighted by molar-refractivity contribution is 7.92. The number of hydrogen-bond donors (Lipinski definition) is 2. The number of fused-ring (bicyclic) bond motifs is 1. The van der Waals surface area contributed by atoms with E-state index in [9.17, 15) is 31.2 Å². The number of aromatic amines is 1. The third-order valence-electron chi connectivity index (χ3n) is 4.72. The minimum atomic E-state index is -4.68. The van der Waals surface area contributed by atoms with Gasteiger partial charge in [0.05, 0.1) is 22.7 Å². The number of nitrogens with zero attached hydrogens (tertiary/aromatic N) is 2. The Hall–Kier alpha value is -4.01. The summed E-state index contributed by atoms with van der Waals surface area (Å²) in [6, 6.07) is 7.87. The molecule has 2 N–H and O–H groups in total. The average Bonchev–Trinajstić information content (AvgIpc) is 3.19. The molecule has 0 unspecified atom stereocenters. The predicted octanol–water partition coefficient (Wildman–Crippen LogP) is 4.31. The van der Waals surface area contributed by atoms with Gasteiger partial charge in [0.25, 0.3) is 10.0 Å². The van der Waals surface area contributed by atoms with E-state index in [0.717, 1.165) is 22.5 Å². The molecule has 1 amide bonds. The number of anilines is 2. The molecule has 1 aliphatic heterocycles. The molecule has 0 spiro atoms. The number of benzene rings is 2. The smallest absolute Gasteiger partial charge is 0.438 e. The Morgan fingerprint density at radius 2 is 1.87 bits per heavy atom. The maximum atomic E-state index is 13.1. The van der Waals surface area contributed by atoms with Gasteiger partial charge in [-0.25, -0.2) is 18.0 Å². The van der Waals surface area contributed by atoms with Crippen molar-refractivity contribution in [3.05, 3.63) is 64.4 Å². The fraction of sp³-hybridized carbons (Fsp3) is 0.348. The van der Waals surface area contributed by atoms with Gasteiger partial charge in [0.1, 0.15) is 23.8 Å². The average molecular weight is 559 g/mol. The zero-order valence-corrected chi connectivity index (χ0v) is 21.6. The van der Waals surface area contributed by atoms with Gasteiger partial charge in [0, 0.05) is 5.69 Å². The molecule has 15 heteroatoms. The first-order valence-corrected chi connectivity index (χ1v) is 12.5. The molecule has 2 aromatic carbocycles. The molecule has 2 heterocycles. The number of carbonyl (C=O) groups excluding carboxylic acids is 1. The second kappa shape index (κ2) is 10.8. The molecule has 0 saturated heterocycles. The van der Waals surface area contributed by atoms with Gasteiger partial charge in [-0.05, 0) is 64.1 Å². The summed E-state index contributed by atoms with van der Waals surface area (Å²) in [5.74, 6) is 0.221. The Kier molecular flexibility index (Phi) is 8.09. The Balaban J connectivity index is 0.000000494. The van der Waals surface area contributed by atoms with Crippen LogP contribution >= 0.6 is 0 Å². The van der Waals surface area contributed by atoms with Crippen molar-refractivity contribution in [2.24, 2.45) is 0 Å². The number of rotatable bonds is 3. The fourth-order valence-electron chi connectivity index (χ4n) is 3.21. The number of alkyl halides is 3. The minimum Gasteiger partial charge on any atom is -0.489 e. The number of nitrogens with one attached hydrogen (secondary N) is 2. The lowest BCUT2D eigenvalue weighted by Crippen LogP contribution is -2.38. The van der Waals surface area contributed by atoms with Crippen LogP contribution in [-0.4, -0.2) is 43.4 Å². The van der Waals surface area contributed by atoms with E-state index in [-0.39, 0.29) is 30.3 Å². The highest BCUT2D eigenvalue weighted by atomic mass is 32.2. The Morgan fingerprint density at radius 3 is 2.42 bits per heavy atom. The van der Waals surface area contributed by atoms with Crippen LogP contribution in [0.5, 0.6) is 5.75 Å². The van der Waals surface area contributed by atoms with E-state index in [2.05, 4.69) is 20.0 Å². The van der Waals surface area contributed by atoms with Crippen molar-refractivity contribution < 1.29 is 40.4 Å². The second-order valence-corrected chi connectivity index (χ2v) is 10.8. The highest BCUT2D eigenvalue weighted by Crippen LogP contribution is 2.38. The van der Waals surface area contributed by atoms with Gasteiger partial charge >= 0.3 is 18.0 Å². The Labute approximate surface area is 215 Å². The standard InChI is InChI=1S/C20H21F3N2O5S.C3H4N2O2/c1-19(2,3)30-18(26)24-14-7-8-17-16(12-14)25(9-10-29-17)31(27,28)15-6-4-5-13(11-15)20(21,22)23;1-2-4-3(6)7-5-2/h4-8,11-12H,9-10H2,1-3H3,(H,24,26);1H3,(H,4,5,6). The SMILES string of the molecule is CC(C)(C)OC(=O)Nc1ccc2c(c1)N(S(=O)(=O)c1cccc(C(F)(F)F)c1)CCO2.Cc1noc(=O)[nH]1. The second-order valence-electron chi connectivity index (χ2n) is 8.94. The van der Waals surface area contributed by atoms with Gasteiger partial charge in [-0.3, -0.25) is 19.1 Å². The van der Waals surface area contributed by atoms with Crippen LogP contribution in [0.1, 0.15) is 32.2 Å². The molecule has 1 aromatic heterocycles. The minimum absolute atomic E-state index is 0.0179. The zero-order valence-electron chi connectivity index (χ0n) is 20.7. The summed E-state index contributed by atoms with van der Waals surface area (Å²) >= 11 is 0. The lowest BCUT2D eigenvalue weighted by atomic mass is 10.2. The van der Waals surface area contributed by atoms with Crippen LogP contribution in [0.25, 0.3) is 0 Å². The van der Waals surface area contributed by atoms with Crippen LogP contribution in [-0.2, 0) is 20.9 Å². The fourth-order valence-corrected chi connectivity index (χ4v) is 4.70.